The topological polar surface area (TPSA) is 70.3 Å². The predicted molar refractivity (Wildman–Crippen MR) is 96.9 cm³/mol. The molecule has 7 heteroatoms. The van der Waals surface area contributed by atoms with E-state index in [1.165, 1.54) is 5.56 Å². The van der Waals surface area contributed by atoms with Crippen molar-refractivity contribution in [2.75, 3.05) is 36.0 Å². The van der Waals surface area contributed by atoms with Gasteiger partial charge in [-0.25, -0.2) is 9.97 Å². The van der Waals surface area contributed by atoms with Crippen LogP contribution in [0, 0.1) is 6.92 Å². The van der Waals surface area contributed by atoms with E-state index < -0.39 is 0 Å². The highest BCUT2D eigenvalue weighted by molar-refractivity contribution is 5.51. The quantitative estimate of drug-likeness (QED) is 0.913. The Morgan fingerprint density at radius 3 is 2.80 bits per heavy atom. The first-order valence-corrected chi connectivity index (χ1v) is 9.20. The Morgan fingerprint density at radius 2 is 2.00 bits per heavy atom. The van der Waals surface area contributed by atoms with Gasteiger partial charge in [-0.2, -0.15) is 5.10 Å². The molecule has 2 saturated heterocycles. The van der Waals surface area contributed by atoms with Crippen LogP contribution < -0.4 is 9.80 Å². The van der Waals surface area contributed by atoms with Crippen LogP contribution in [0.1, 0.15) is 37.3 Å². The van der Waals surface area contributed by atoms with Crippen molar-refractivity contribution in [2.24, 2.45) is 0 Å². The van der Waals surface area contributed by atoms with Crippen LogP contribution in [0.5, 0.6) is 0 Å². The monoisotopic (exact) mass is 342 g/mol. The van der Waals surface area contributed by atoms with E-state index in [4.69, 9.17) is 0 Å². The van der Waals surface area contributed by atoms with Gasteiger partial charge in [-0.1, -0.05) is 0 Å². The van der Waals surface area contributed by atoms with Crippen LogP contribution in [0.15, 0.2) is 24.8 Å². The summed E-state index contributed by atoms with van der Waals surface area (Å²) in [5.41, 5.74) is 1.20. The molecule has 4 heterocycles. The summed E-state index contributed by atoms with van der Waals surface area (Å²) in [4.78, 5) is 13.5. The number of hydrogen-bond acceptors (Lipinski definition) is 6. The SMILES string of the molecule is Cc1cnn([C@H]2CCCN(c3cc(N4CCC[C@@H]4CO)ncn3)C2)c1. The number of anilines is 2. The maximum absolute atomic E-state index is 9.57. The molecule has 134 valence electrons. The van der Waals surface area contributed by atoms with Crippen LogP contribution in [-0.4, -0.2) is 57.1 Å². The zero-order valence-corrected chi connectivity index (χ0v) is 14.8. The van der Waals surface area contributed by atoms with E-state index in [1.54, 1.807) is 6.33 Å². The average Bonchev–Trinajstić information content (AvgIpc) is 3.30. The number of aliphatic hydroxyl groups is 1. The number of piperidine rings is 1. The van der Waals surface area contributed by atoms with Crippen molar-refractivity contribution in [3.05, 3.63) is 30.4 Å². The van der Waals surface area contributed by atoms with E-state index in [0.29, 0.717) is 6.04 Å². The highest BCUT2D eigenvalue weighted by Crippen LogP contribution is 2.29. The van der Waals surface area contributed by atoms with Crippen molar-refractivity contribution >= 4 is 11.6 Å². The van der Waals surface area contributed by atoms with Gasteiger partial charge in [0.05, 0.1) is 24.9 Å². The summed E-state index contributed by atoms with van der Waals surface area (Å²) in [7, 11) is 0. The third-order valence-electron chi connectivity index (χ3n) is 5.35. The fraction of sp³-hybridized carbons (Fsp3) is 0.611. The Morgan fingerprint density at radius 1 is 1.16 bits per heavy atom. The Kier molecular flexibility index (Phi) is 4.57. The molecule has 2 aromatic rings. The molecule has 0 bridgehead atoms. The highest BCUT2D eigenvalue weighted by Gasteiger charge is 2.27. The molecule has 2 aliphatic heterocycles. The third-order valence-corrected chi connectivity index (χ3v) is 5.35. The minimum Gasteiger partial charge on any atom is -0.394 e. The number of aliphatic hydroxyl groups excluding tert-OH is 1. The number of rotatable bonds is 4. The van der Waals surface area contributed by atoms with Crippen molar-refractivity contribution in [3.8, 4) is 0 Å². The summed E-state index contributed by atoms with van der Waals surface area (Å²) in [6.45, 7) is 5.15. The highest BCUT2D eigenvalue weighted by atomic mass is 16.3. The smallest absolute Gasteiger partial charge is 0.134 e. The first-order chi connectivity index (χ1) is 12.2. The van der Waals surface area contributed by atoms with Crippen molar-refractivity contribution in [1.82, 2.24) is 19.7 Å². The molecular formula is C18H26N6O. The molecule has 0 aromatic carbocycles. The van der Waals surface area contributed by atoms with Crippen LogP contribution in [0.25, 0.3) is 0 Å². The van der Waals surface area contributed by atoms with Crippen molar-refractivity contribution in [1.29, 1.82) is 0 Å². The molecule has 0 spiro atoms. The Labute approximate surface area is 148 Å². The summed E-state index contributed by atoms with van der Waals surface area (Å²) in [6, 6.07) is 2.65. The van der Waals surface area contributed by atoms with E-state index in [1.807, 2.05) is 6.20 Å². The standard InChI is InChI=1S/C18H26N6O/c1-14-9-21-24(10-14)15-4-2-6-22(11-15)17-8-18(20-13-19-17)23-7-3-5-16(23)12-25/h8-10,13,15-16,25H,2-7,11-12H2,1H3/t15-,16+/m0/s1. The Hall–Kier alpha value is -2.15. The molecule has 0 unspecified atom stereocenters. The summed E-state index contributed by atoms with van der Waals surface area (Å²) in [6.07, 6.45) is 10.1. The van der Waals surface area contributed by atoms with Crippen LogP contribution in [0.3, 0.4) is 0 Å². The van der Waals surface area contributed by atoms with Crippen LogP contribution in [0.2, 0.25) is 0 Å². The Bertz CT molecular complexity index is 717. The van der Waals surface area contributed by atoms with E-state index in [9.17, 15) is 5.11 Å². The lowest BCUT2D eigenvalue weighted by atomic mass is 10.1. The second kappa shape index (κ2) is 7.00. The molecule has 7 nitrogen and oxygen atoms in total. The number of aryl methyl sites for hydroxylation is 1. The average molecular weight is 342 g/mol. The molecular weight excluding hydrogens is 316 g/mol. The molecule has 0 aliphatic carbocycles. The molecule has 25 heavy (non-hydrogen) atoms. The maximum atomic E-state index is 9.57. The molecule has 2 fully saturated rings. The van der Waals surface area contributed by atoms with Gasteiger partial charge in [0.2, 0.25) is 0 Å². The number of aromatic nitrogens is 4. The van der Waals surface area contributed by atoms with Crippen LogP contribution >= 0.6 is 0 Å². The van der Waals surface area contributed by atoms with Gasteiger partial charge in [0.1, 0.15) is 18.0 Å². The molecule has 2 atom stereocenters. The lowest BCUT2D eigenvalue weighted by Gasteiger charge is -2.34. The molecule has 0 amide bonds. The molecule has 2 aromatic heterocycles. The zero-order chi connectivity index (χ0) is 17.2. The lowest BCUT2D eigenvalue weighted by molar-refractivity contribution is 0.266. The number of nitrogens with zero attached hydrogens (tertiary/aromatic N) is 6. The van der Waals surface area contributed by atoms with Gasteiger partial charge < -0.3 is 14.9 Å². The zero-order valence-electron chi connectivity index (χ0n) is 14.8. The van der Waals surface area contributed by atoms with E-state index in [2.05, 4.69) is 48.7 Å². The summed E-state index contributed by atoms with van der Waals surface area (Å²) in [5.74, 6) is 1.90. The van der Waals surface area contributed by atoms with Gasteiger partial charge in [0, 0.05) is 31.9 Å². The fourth-order valence-corrected chi connectivity index (χ4v) is 4.01. The molecule has 0 radical (unpaired) electrons. The van der Waals surface area contributed by atoms with Gasteiger partial charge in [0.25, 0.3) is 0 Å². The second-order valence-corrected chi connectivity index (χ2v) is 7.15. The first kappa shape index (κ1) is 16.3. The van der Waals surface area contributed by atoms with Gasteiger partial charge in [-0.15, -0.1) is 0 Å². The molecule has 4 rings (SSSR count). The third kappa shape index (κ3) is 3.33. The van der Waals surface area contributed by atoms with Crippen molar-refractivity contribution < 1.29 is 5.11 Å². The van der Waals surface area contributed by atoms with Gasteiger partial charge in [0.15, 0.2) is 0 Å². The van der Waals surface area contributed by atoms with Crippen molar-refractivity contribution in [3.63, 3.8) is 0 Å². The maximum Gasteiger partial charge on any atom is 0.134 e. The summed E-state index contributed by atoms with van der Waals surface area (Å²) in [5, 5.41) is 14.1. The lowest BCUT2D eigenvalue weighted by Crippen LogP contribution is -2.38. The normalized spacial score (nSPS) is 24.1. The van der Waals surface area contributed by atoms with Gasteiger partial charge in [-0.3, -0.25) is 4.68 Å². The Balaban J connectivity index is 1.52. The molecule has 1 N–H and O–H groups in total. The first-order valence-electron chi connectivity index (χ1n) is 9.20. The van der Waals surface area contributed by atoms with E-state index >= 15 is 0 Å². The van der Waals surface area contributed by atoms with Gasteiger partial charge in [-0.05, 0) is 38.2 Å². The minimum atomic E-state index is 0.184. The van der Waals surface area contributed by atoms with Crippen molar-refractivity contribution in [2.45, 2.75) is 44.7 Å². The van der Waals surface area contributed by atoms with E-state index in [-0.39, 0.29) is 12.6 Å². The fourth-order valence-electron chi connectivity index (χ4n) is 4.01. The van der Waals surface area contributed by atoms with Gasteiger partial charge >= 0.3 is 0 Å². The van der Waals surface area contributed by atoms with Crippen LogP contribution in [0.4, 0.5) is 11.6 Å². The number of hydrogen-bond donors (Lipinski definition) is 1. The van der Waals surface area contributed by atoms with Crippen LogP contribution in [-0.2, 0) is 0 Å². The summed E-state index contributed by atoms with van der Waals surface area (Å²) < 4.78 is 2.09. The second-order valence-electron chi connectivity index (χ2n) is 7.15. The van der Waals surface area contributed by atoms with E-state index in [0.717, 1.165) is 57.0 Å². The molecule has 2 aliphatic rings. The predicted octanol–water partition coefficient (Wildman–Crippen LogP) is 1.78. The largest absolute Gasteiger partial charge is 0.394 e. The minimum absolute atomic E-state index is 0.184. The molecule has 0 saturated carbocycles. The summed E-state index contributed by atoms with van der Waals surface area (Å²) >= 11 is 0.